The summed E-state index contributed by atoms with van der Waals surface area (Å²) in [7, 11) is 0. The first kappa shape index (κ1) is 13.6. The molecule has 0 heterocycles. The van der Waals surface area contributed by atoms with Crippen LogP contribution in [-0.2, 0) is 0 Å². The molecule has 100 valence electrons. The standard InChI is InChI=1S/C16H20N2O/c1-2-13(12-18-15-5-6-15)11-14-3-7-16(8-4-14)19-10-9-17/h3-4,7-8,11,15,18H,2,5-6,10,12H2,1H3. The van der Waals surface area contributed by atoms with Gasteiger partial charge < -0.3 is 10.1 Å². The largest absolute Gasteiger partial charge is 0.479 e. The zero-order valence-corrected chi connectivity index (χ0v) is 11.4. The van der Waals surface area contributed by atoms with Gasteiger partial charge in [0.15, 0.2) is 6.61 Å². The van der Waals surface area contributed by atoms with Crippen molar-refractivity contribution in [2.24, 2.45) is 0 Å². The van der Waals surface area contributed by atoms with E-state index in [1.165, 1.54) is 24.0 Å². The van der Waals surface area contributed by atoms with Crippen molar-refractivity contribution in [3.63, 3.8) is 0 Å². The van der Waals surface area contributed by atoms with Crippen LogP contribution in [0.25, 0.3) is 6.08 Å². The number of nitrogens with one attached hydrogen (secondary N) is 1. The second-order valence-corrected chi connectivity index (χ2v) is 4.83. The van der Waals surface area contributed by atoms with Gasteiger partial charge in [-0.1, -0.05) is 30.7 Å². The van der Waals surface area contributed by atoms with Crippen molar-refractivity contribution in [3.8, 4) is 11.8 Å². The fourth-order valence-electron chi connectivity index (χ4n) is 1.85. The van der Waals surface area contributed by atoms with E-state index < -0.39 is 0 Å². The summed E-state index contributed by atoms with van der Waals surface area (Å²) in [5.41, 5.74) is 2.59. The van der Waals surface area contributed by atoms with Gasteiger partial charge in [0, 0.05) is 12.6 Å². The minimum absolute atomic E-state index is 0.0979. The molecule has 1 fully saturated rings. The molecule has 0 atom stereocenters. The first-order valence-corrected chi connectivity index (χ1v) is 6.84. The second kappa shape index (κ2) is 6.96. The van der Waals surface area contributed by atoms with E-state index >= 15 is 0 Å². The zero-order chi connectivity index (χ0) is 13.5. The van der Waals surface area contributed by atoms with Crippen molar-refractivity contribution in [3.05, 3.63) is 35.4 Å². The molecule has 3 heteroatoms. The van der Waals surface area contributed by atoms with Crippen LogP contribution in [0.5, 0.6) is 5.75 Å². The van der Waals surface area contributed by atoms with Gasteiger partial charge in [-0.2, -0.15) is 5.26 Å². The molecule has 0 saturated heterocycles. The molecule has 0 bridgehead atoms. The van der Waals surface area contributed by atoms with Gasteiger partial charge in [-0.3, -0.25) is 0 Å². The summed E-state index contributed by atoms with van der Waals surface area (Å²) in [6.45, 7) is 3.26. The summed E-state index contributed by atoms with van der Waals surface area (Å²) in [5, 5.41) is 12.0. The third-order valence-corrected chi connectivity index (χ3v) is 3.20. The van der Waals surface area contributed by atoms with Gasteiger partial charge in [0.2, 0.25) is 0 Å². The van der Waals surface area contributed by atoms with Gasteiger partial charge in [0.25, 0.3) is 0 Å². The molecule has 19 heavy (non-hydrogen) atoms. The summed E-state index contributed by atoms with van der Waals surface area (Å²) in [6.07, 6.45) is 5.93. The average Bonchev–Trinajstić information content (AvgIpc) is 3.26. The molecule has 3 nitrogen and oxygen atoms in total. The van der Waals surface area contributed by atoms with Crippen LogP contribution < -0.4 is 10.1 Å². The molecule has 0 aromatic heterocycles. The normalized spacial score (nSPS) is 15.1. The van der Waals surface area contributed by atoms with E-state index in [2.05, 4.69) is 18.3 Å². The molecule has 0 spiro atoms. The topological polar surface area (TPSA) is 45.0 Å². The van der Waals surface area contributed by atoms with Crippen LogP contribution in [0, 0.1) is 11.3 Å². The third kappa shape index (κ3) is 4.76. The van der Waals surface area contributed by atoms with Crippen molar-refractivity contribution >= 4 is 6.08 Å². The van der Waals surface area contributed by atoms with Crippen LogP contribution in [0.3, 0.4) is 0 Å². The number of hydrogen-bond acceptors (Lipinski definition) is 3. The predicted octanol–water partition coefficient (Wildman–Crippen LogP) is 3.13. The molecule has 1 aromatic rings. The van der Waals surface area contributed by atoms with E-state index in [-0.39, 0.29) is 6.61 Å². The van der Waals surface area contributed by atoms with E-state index in [0.717, 1.165) is 24.8 Å². The van der Waals surface area contributed by atoms with Crippen LogP contribution in [0.1, 0.15) is 31.7 Å². The summed E-state index contributed by atoms with van der Waals surface area (Å²) in [6, 6.07) is 10.6. The highest BCUT2D eigenvalue weighted by molar-refractivity contribution is 5.54. The number of rotatable bonds is 7. The van der Waals surface area contributed by atoms with Gasteiger partial charge >= 0.3 is 0 Å². The first-order chi connectivity index (χ1) is 9.31. The summed E-state index contributed by atoms with van der Waals surface area (Å²) in [4.78, 5) is 0. The van der Waals surface area contributed by atoms with Crippen molar-refractivity contribution < 1.29 is 4.74 Å². The number of nitrogens with zero attached hydrogens (tertiary/aromatic N) is 1. The van der Waals surface area contributed by atoms with E-state index in [9.17, 15) is 0 Å². The highest BCUT2D eigenvalue weighted by Crippen LogP contribution is 2.20. The minimum Gasteiger partial charge on any atom is -0.479 e. The number of hydrogen-bond donors (Lipinski definition) is 1. The lowest BCUT2D eigenvalue weighted by Gasteiger charge is -2.07. The molecular formula is C16H20N2O. The van der Waals surface area contributed by atoms with Crippen LogP contribution >= 0.6 is 0 Å². The SMILES string of the molecule is CCC(=Cc1ccc(OCC#N)cc1)CNC1CC1. The first-order valence-electron chi connectivity index (χ1n) is 6.84. The maximum Gasteiger partial charge on any atom is 0.174 e. The van der Waals surface area contributed by atoms with Crippen molar-refractivity contribution in [1.82, 2.24) is 5.32 Å². The molecule has 1 aliphatic rings. The third-order valence-electron chi connectivity index (χ3n) is 3.20. The van der Waals surface area contributed by atoms with Gasteiger partial charge in [-0.15, -0.1) is 0 Å². The fraction of sp³-hybridized carbons (Fsp3) is 0.438. The summed E-state index contributed by atoms with van der Waals surface area (Å²) in [5.74, 6) is 0.743. The molecule has 0 aliphatic heterocycles. The molecule has 0 amide bonds. The highest BCUT2D eigenvalue weighted by atomic mass is 16.5. The highest BCUT2D eigenvalue weighted by Gasteiger charge is 2.19. The van der Waals surface area contributed by atoms with Crippen LogP contribution in [0.4, 0.5) is 0 Å². The Balaban J connectivity index is 1.93. The smallest absolute Gasteiger partial charge is 0.174 e. The van der Waals surface area contributed by atoms with Gasteiger partial charge in [-0.25, -0.2) is 0 Å². The molecule has 2 rings (SSSR count). The Hall–Kier alpha value is -1.79. The Labute approximate surface area is 114 Å². The van der Waals surface area contributed by atoms with Crippen LogP contribution in [-0.4, -0.2) is 19.2 Å². The van der Waals surface area contributed by atoms with Crippen molar-refractivity contribution in [2.75, 3.05) is 13.2 Å². The lowest BCUT2D eigenvalue weighted by atomic mass is 10.1. The van der Waals surface area contributed by atoms with E-state index in [0.29, 0.717) is 0 Å². The number of ether oxygens (including phenoxy) is 1. The van der Waals surface area contributed by atoms with E-state index in [1.54, 1.807) is 0 Å². The van der Waals surface area contributed by atoms with Crippen LogP contribution in [0.2, 0.25) is 0 Å². The molecule has 0 unspecified atom stereocenters. The van der Waals surface area contributed by atoms with E-state index in [1.807, 2.05) is 30.3 Å². The lowest BCUT2D eigenvalue weighted by molar-refractivity contribution is 0.368. The quantitative estimate of drug-likeness (QED) is 0.815. The van der Waals surface area contributed by atoms with Gasteiger partial charge in [0.05, 0.1) is 0 Å². The number of benzene rings is 1. The average molecular weight is 256 g/mol. The fourth-order valence-corrected chi connectivity index (χ4v) is 1.85. The minimum atomic E-state index is 0.0979. The lowest BCUT2D eigenvalue weighted by Crippen LogP contribution is -2.18. The maximum atomic E-state index is 8.45. The molecule has 1 aromatic carbocycles. The van der Waals surface area contributed by atoms with Gasteiger partial charge in [-0.05, 0) is 37.0 Å². The molecule has 0 radical (unpaired) electrons. The monoisotopic (exact) mass is 256 g/mol. The second-order valence-electron chi connectivity index (χ2n) is 4.83. The number of nitriles is 1. The molecule has 1 aliphatic carbocycles. The molecular weight excluding hydrogens is 236 g/mol. The van der Waals surface area contributed by atoms with Crippen LogP contribution in [0.15, 0.2) is 29.8 Å². The Morgan fingerprint density at radius 2 is 2.16 bits per heavy atom. The van der Waals surface area contributed by atoms with Crippen molar-refractivity contribution in [1.29, 1.82) is 5.26 Å². The predicted molar refractivity (Wildman–Crippen MR) is 76.8 cm³/mol. The Kier molecular flexibility index (Phi) is 5.00. The van der Waals surface area contributed by atoms with Gasteiger partial charge in [0.1, 0.15) is 11.8 Å². The Morgan fingerprint density at radius 1 is 1.42 bits per heavy atom. The maximum absolute atomic E-state index is 8.45. The summed E-state index contributed by atoms with van der Waals surface area (Å²) < 4.78 is 5.23. The zero-order valence-electron chi connectivity index (χ0n) is 11.4. The molecule has 1 saturated carbocycles. The van der Waals surface area contributed by atoms with E-state index in [4.69, 9.17) is 10.00 Å². The summed E-state index contributed by atoms with van der Waals surface area (Å²) >= 11 is 0. The molecule has 1 N–H and O–H groups in total. The Bertz CT molecular complexity index is 467. The Morgan fingerprint density at radius 3 is 2.74 bits per heavy atom. The van der Waals surface area contributed by atoms with Crippen molar-refractivity contribution in [2.45, 2.75) is 32.2 Å².